The van der Waals surface area contributed by atoms with Crippen LogP contribution in [0.4, 0.5) is 18.9 Å². The summed E-state index contributed by atoms with van der Waals surface area (Å²) in [4.78, 5) is 0. The molecule has 1 heterocycles. The van der Waals surface area contributed by atoms with Crippen LogP contribution in [0.25, 0.3) is 0 Å². The van der Waals surface area contributed by atoms with Crippen LogP contribution in [-0.2, 0) is 0 Å². The van der Waals surface area contributed by atoms with Gasteiger partial charge in [0.25, 0.3) is 0 Å². The molecule has 5 nitrogen and oxygen atoms in total. The third-order valence-electron chi connectivity index (χ3n) is 1.58. The maximum absolute atomic E-state index is 12.5. The van der Waals surface area contributed by atoms with Gasteiger partial charge in [-0.2, -0.15) is 23.4 Å². The Kier molecular flexibility index (Phi) is 3.44. The van der Waals surface area contributed by atoms with E-state index >= 15 is 0 Å². The molecule has 0 spiro atoms. The Balaban J connectivity index is 3.03. The van der Waals surface area contributed by atoms with Gasteiger partial charge in [-0.3, -0.25) is 0 Å². The first-order valence-electron chi connectivity index (χ1n) is 4.06. The molecule has 1 rings (SSSR count). The second-order valence-corrected chi connectivity index (χ2v) is 2.73. The van der Waals surface area contributed by atoms with Crippen molar-refractivity contribution in [3.8, 4) is 0 Å². The van der Waals surface area contributed by atoms with Gasteiger partial charge >= 0.3 is 6.18 Å². The molecule has 0 radical (unpaired) electrons. The molecule has 0 saturated heterocycles. The Labute approximate surface area is 88.7 Å². The Bertz CT molecular complexity index is 398. The molecule has 0 fully saturated rings. The van der Waals surface area contributed by atoms with Crippen LogP contribution >= 0.6 is 0 Å². The highest BCUT2D eigenvalue weighted by Gasteiger charge is 2.36. The van der Waals surface area contributed by atoms with Gasteiger partial charge in [0.05, 0.1) is 23.8 Å². The third kappa shape index (κ3) is 2.94. The summed E-state index contributed by atoms with van der Waals surface area (Å²) < 4.78 is 37.5. The second kappa shape index (κ2) is 4.60. The quantitative estimate of drug-likeness (QED) is 0.683. The number of nitrogens with one attached hydrogen (secondary N) is 2. The van der Waals surface area contributed by atoms with Gasteiger partial charge < -0.3 is 16.5 Å². The molecule has 0 bridgehead atoms. The summed E-state index contributed by atoms with van der Waals surface area (Å²) in [6.07, 6.45) is -1.89. The predicted octanol–water partition coefficient (Wildman–Crippen LogP) is 1.27. The number of nitrogens with two attached hydrogens (primary N) is 1. The van der Waals surface area contributed by atoms with Crippen molar-refractivity contribution in [1.82, 2.24) is 10.2 Å². The largest absolute Gasteiger partial charge is 0.433 e. The van der Waals surface area contributed by atoms with Crippen molar-refractivity contribution in [3.05, 3.63) is 29.9 Å². The van der Waals surface area contributed by atoms with Gasteiger partial charge in [-0.25, -0.2) is 0 Å². The molecule has 0 aliphatic carbocycles. The molecule has 0 saturated carbocycles. The molecule has 0 aromatic carbocycles. The summed E-state index contributed by atoms with van der Waals surface area (Å²) in [7, 11) is 0. The first-order valence-corrected chi connectivity index (χ1v) is 4.06. The summed E-state index contributed by atoms with van der Waals surface area (Å²) in [6, 6.07) is 1.30. The van der Waals surface area contributed by atoms with Crippen LogP contribution in [0.15, 0.2) is 29.9 Å². The number of allylic oxidation sites excluding steroid dienone is 2. The third-order valence-corrected chi connectivity index (χ3v) is 1.58. The van der Waals surface area contributed by atoms with E-state index in [1.807, 2.05) is 5.32 Å². The zero-order chi connectivity index (χ0) is 12.2. The van der Waals surface area contributed by atoms with Crippen molar-refractivity contribution in [2.75, 3.05) is 5.32 Å². The Hall–Kier alpha value is -2.12. The smallest absolute Gasteiger partial charge is 0.396 e. The molecule has 0 atom stereocenters. The number of rotatable bonds is 3. The normalized spacial score (nSPS) is 12.9. The molecule has 4 N–H and O–H groups in total. The van der Waals surface area contributed by atoms with E-state index in [2.05, 4.69) is 10.2 Å². The van der Waals surface area contributed by atoms with E-state index in [-0.39, 0.29) is 5.69 Å². The summed E-state index contributed by atoms with van der Waals surface area (Å²) in [5.41, 5.74) is 3.26. The van der Waals surface area contributed by atoms with E-state index in [1.165, 1.54) is 12.3 Å². The van der Waals surface area contributed by atoms with Crippen LogP contribution in [0.3, 0.4) is 0 Å². The fourth-order valence-electron chi connectivity index (χ4n) is 0.888. The Morgan fingerprint density at radius 1 is 1.44 bits per heavy atom. The average Bonchev–Trinajstić information content (AvgIpc) is 2.25. The lowest BCUT2D eigenvalue weighted by Crippen LogP contribution is -2.24. The number of aromatic nitrogens is 2. The molecule has 0 aliphatic heterocycles. The highest BCUT2D eigenvalue weighted by molar-refractivity contribution is 5.77. The van der Waals surface area contributed by atoms with E-state index in [0.29, 0.717) is 6.21 Å². The topological polar surface area (TPSA) is 87.7 Å². The molecular weight excluding hydrogens is 223 g/mol. The van der Waals surface area contributed by atoms with E-state index in [0.717, 1.165) is 6.20 Å². The minimum absolute atomic E-state index is 0.0899. The van der Waals surface area contributed by atoms with Crippen LogP contribution in [-0.4, -0.2) is 22.6 Å². The lowest BCUT2D eigenvalue weighted by atomic mass is 10.3. The zero-order valence-electron chi connectivity index (χ0n) is 7.92. The van der Waals surface area contributed by atoms with Crippen LogP contribution < -0.4 is 11.1 Å². The molecule has 8 heteroatoms. The van der Waals surface area contributed by atoms with E-state index in [4.69, 9.17) is 11.1 Å². The minimum atomic E-state index is -4.66. The van der Waals surface area contributed by atoms with Crippen molar-refractivity contribution < 1.29 is 13.2 Å². The summed E-state index contributed by atoms with van der Waals surface area (Å²) in [6.45, 7) is 0. The number of alkyl halides is 3. The van der Waals surface area contributed by atoms with Crippen molar-refractivity contribution in [1.29, 1.82) is 5.41 Å². The molecule has 0 aliphatic rings. The van der Waals surface area contributed by atoms with Crippen LogP contribution in [0, 0.1) is 5.41 Å². The molecule has 16 heavy (non-hydrogen) atoms. The fraction of sp³-hybridized carbons (Fsp3) is 0.125. The second-order valence-electron chi connectivity index (χ2n) is 2.73. The van der Waals surface area contributed by atoms with Gasteiger partial charge in [0, 0.05) is 6.21 Å². The highest BCUT2D eigenvalue weighted by Crippen LogP contribution is 2.27. The van der Waals surface area contributed by atoms with Crippen molar-refractivity contribution in [2.45, 2.75) is 6.18 Å². The van der Waals surface area contributed by atoms with Crippen LogP contribution in [0.5, 0.6) is 0 Å². The van der Waals surface area contributed by atoms with E-state index in [1.54, 1.807) is 0 Å². The van der Waals surface area contributed by atoms with Gasteiger partial charge in [0.2, 0.25) is 0 Å². The number of anilines is 1. The highest BCUT2D eigenvalue weighted by atomic mass is 19.4. The molecule has 0 amide bonds. The molecule has 1 aromatic rings. The van der Waals surface area contributed by atoms with Gasteiger partial charge in [-0.15, -0.1) is 0 Å². The summed E-state index contributed by atoms with van der Waals surface area (Å²) in [5, 5.41) is 15.6. The van der Waals surface area contributed by atoms with Crippen molar-refractivity contribution >= 4 is 11.9 Å². The minimum Gasteiger partial charge on any atom is -0.396 e. The number of nitrogens with zero attached hydrogens (tertiary/aromatic N) is 2. The maximum atomic E-state index is 12.5. The van der Waals surface area contributed by atoms with E-state index < -0.39 is 17.6 Å². The first kappa shape index (κ1) is 12.0. The van der Waals surface area contributed by atoms with Gasteiger partial charge in [0.1, 0.15) is 5.70 Å². The summed E-state index contributed by atoms with van der Waals surface area (Å²) >= 11 is 0. The van der Waals surface area contributed by atoms with E-state index in [9.17, 15) is 13.2 Å². The van der Waals surface area contributed by atoms with Crippen LogP contribution in [0.2, 0.25) is 0 Å². The van der Waals surface area contributed by atoms with Gasteiger partial charge in [-0.05, 0) is 6.07 Å². The molecule has 1 aromatic heterocycles. The number of hydrogen-bond donors (Lipinski definition) is 3. The monoisotopic (exact) mass is 231 g/mol. The SMILES string of the molecule is N=C/C(N)=C(\Nc1ccnnc1)C(F)(F)F. The molecular formula is C8H8F3N5. The Morgan fingerprint density at radius 3 is 2.56 bits per heavy atom. The maximum Gasteiger partial charge on any atom is 0.433 e. The zero-order valence-corrected chi connectivity index (χ0v) is 7.92. The Morgan fingerprint density at radius 2 is 2.12 bits per heavy atom. The average molecular weight is 231 g/mol. The van der Waals surface area contributed by atoms with Crippen molar-refractivity contribution in [2.24, 2.45) is 5.73 Å². The first-order chi connectivity index (χ1) is 7.45. The van der Waals surface area contributed by atoms with Crippen molar-refractivity contribution in [3.63, 3.8) is 0 Å². The van der Waals surface area contributed by atoms with Crippen LogP contribution in [0.1, 0.15) is 0 Å². The standard InChI is InChI=1S/C8H8F3N5/c9-8(10,11)7(6(13)3-12)16-5-1-2-14-15-4-5/h1-4,12H,13H2,(H,14,16)/b7-6+,12-3?. The number of halogens is 3. The molecule has 86 valence electrons. The van der Waals surface area contributed by atoms with Gasteiger partial charge in [0.15, 0.2) is 0 Å². The molecule has 0 unspecified atom stereocenters. The number of hydrogen-bond acceptors (Lipinski definition) is 5. The lowest BCUT2D eigenvalue weighted by molar-refractivity contribution is -0.0907. The lowest BCUT2D eigenvalue weighted by Gasteiger charge is -2.15. The fourth-order valence-corrected chi connectivity index (χ4v) is 0.888. The van der Waals surface area contributed by atoms with Gasteiger partial charge in [-0.1, -0.05) is 0 Å². The predicted molar refractivity (Wildman–Crippen MR) is 51.7 cm³/mol. The summed E-state index contributed by atoms with van der Waals surface area (Å²) in [5.74, 6) is 0.